The predicted molar refractivity (Wildman–Crippen MR) is 95.8 cm³/mol. The van der Waals surface area contributed by atoms with Gasteiger partial charge in [-0.15, -0.1) is 0 Å². The Bertz CT molecular complexity index is 789. The van der Waals surface area contributed by atoms with Gasteiger partial charge in [0.2, 0.25) is 5.91 Å². The molecule has 1 unspecified atom stereocenters. The van der Waals surface area contributed by atoms with Crippen LogP contribution in [-0.4, -0.2) is 33.7 Å². The van der Waals surface area contributed by atoms with Gasteiger partial charge in [-0.25, -0.2) is 9.78 Å². The molecule has 0 saturated heterocycles. The van der Waals surface area contributed by atoms with Crippen molar-refractivity contribution >= 4 is 29.3 Å². The maximum atomic E-state index is 11.9. The standard InChI is InChI=1S/C17H19N3O4S/c1-3-11(2)24-16(23)12-4-6-13(7-5-12)19-15(22)10-25-17-18-9-8-14(21)20-17/h4-9,11H,3,10H2,1-2H3,(H,19,22)(H,18,20,21). The number of esters is 1. The molecule has 0 spiro atoms. The zero-order chi connectivity index (χ0) is 18.2. The third-order valence-electron chi connectivity index (χ3n) is 3.28. The summed E-state index contributed by atoms with van der Waals surface area (Å²) in [6, 6.07) is 7.78. The molecular weight excluding hydrogens is 342 g/mol. The van der Waals surface area contributed by atoms with E-state index < -0.39 is 0 Å². The van der Waals surface area contributed by atoms with Gasteiger partial charge >= 0.3 is 5.97 Å². The van der Waals surface area contributed by atoms with Crippen molar-refractivity contribution in [3.05, 3.63) is 52.4 Å². The van der Waals surface area contributed by atoms with Gasteiger partial charge in [0.15, 0.2) is 5.16 Å². The second-order valence-electron chi connectivity index (χ2n) is 5.28. The number of anilines is 1. The van der Waals surface area contributed by atoms with Crippen LogP contribution in [0.1, 0.15) is 30.6 Å². The molecule has 1 aromatic heterocycles. The van der Waals surface area contributed by atoms with Crippen LogP contribution in [0.3, 0.4) is 0 Å². The molecule has 1 heterocycles. The number of hydrogen-bond donors (Lipinski definition) is 2. The van der Waals surface area contributed by atoms with Crippen molar-refractivity contribution in [1.82, 2.24) is 9.97 Å². The molecule has 2 aromatic rings. The molecule has 1 aromatic carbocycles. The van der Waals surface area contributed by atoms with E-state index in [9.17, 15) is 14.4 Å². The number of benzene rings is 1. The average molecular weight is 361 g/mol. The van der Waals surface area contributed by atoms with E-state index in [1.807, 2.05) is 13.8 Å². The number of aromatic nitrogens is 2. The molecule has 0 fully saturated rings. The first kappa shape index (κ1) is 18.7. The number of thioether (sulfide) groups is 1. The second-order valence-corrected chi connectivity index (χ2v) is 6.24. The minimum absolute atomic E-state index is 0.102. The molecule has 7 nitrogen and oxygen atoms in total. The minimum Gasteiger partial charge on any atom is -0.459 e. The third kappa shape index (κ3) is 6.07. The SMILES string of the molecule is CCC(C)OC(=O)c1ccc(NC(=O)CSc2nccc(=O)[nH]2)cc1. The van der Waals surface area contributed by atoms with Gasteiger partial charge in [0.05, 0.1) is 17.4 Å². The lowest BCUT2D eigenvalue weighted by Crippen LogP contribution is -2.16. The molecule has 1 amide bonds. The van der Waals surface area contributed by atoms with Crippen molar-refractivity contribution in [2.75, 3.05) is 11.1 Å². The summed E-state index contributed by atoms with van der Waals surface area (Å²) < 4.78 is 5.24. The summed E-state index contributed by atoms with van der Waals surface area (Å²) in [7, 11) is 0. The second kappa shape index (κ2) is 9.03. The number of rotatable bonds is 7. The molecule has 25 heavy (non-hydrogen) atoms. The van der Waals surface area contributed by atoms with Crippen molar-refractivity contribution in [1.29, 1.82) is 0 Å². The molecule has 2 N–H and O–H groups in total. The summed E-state index contributed by atoms with van der Waals surface area (Å²) in [6.07, 6.45) is 2.00. The molecule has 132 valence electrons. The lowest BCUT2D eigenvalue weighted by atomic mass is 10.2. The zero-order valence-electron chi connectivity index (χ0n) is 13.9. The van der Waals surface area contributed by atoms with Crippen LogP contribution in [0, 0.1) is 0 Å². The number of hydrogen-bond acceptors (Lipinski definition) is 6. The average Bonchev–Trinajstić information content (AvgIpc) is 2.60. The molecular formula is C17H19N3O4S. The molecule has 2 rings (SSSR count). The van der Waals surface area contributed by atoms with E-state index in [-0.39, 0.29) is 29.3 Å². The normalized spacial score (nSPS) is 11.6. The van der Waals surface area contributed by atoms with Crippen LogP contribution in [0.15, 0.2) is 46.5 Å². The molecule has 0 saturated carbocycles. The van der Waals surface area contributed by atoms with Gasteiger partial charge in [-0.3, -0.25) is 9.59 Å². The summed E-state index contributed by atoms with van der Waals surface area (Å²) in [6.45, 7) is 3.77. The van der Waals surface area contributed by atoms with Gasteiger partial charge in [-0.05, 0) is 37.6 Å². The minimum atomic E-state index is -0.387. The van der Waals surface area contributed by atoms with Gasteiger partial charge in [-0.2, -0.15) is 0 Å². The number of nitrogens with zero attached hydrogens (tertiary/aromatic N) is 1. The fourth-order valence-electron chi connectivity index (χ4n) is 1.78. The van der Waals surface area contributed by atoms with Crippen LogP contribution in [0.5, 0.6) is 0 Å². The van der Waals surface area contributed by atoms with Gasteiger partial charge < -0.3 is 15.0 Å². The summed E-state index contributed by atoms with van der Waals surface area (Å²) in [4.78, 5) is 41.5. The fraction of sp³-hybridized carbons (Fsp3) is 0.294. The summed E-state index contributed by atoms with van der Waals surface area (Å²) in [5.41, 5.74) is 0.733. The quantitative estimate of drug-likeness (QED) is 0.446. The number of H-pyrrole nitrogens is 1. The Hall–Kier alpha value is -2.61. The molecule has 0 radical (unpaired) electrons. The number of amides is 1. The lowest BCUT2D eigenvalue weighted by molar-refractivity contribution is -0.113. The Morgan fingerprint density at radius 2 is 2.00 bits per heavy atom. The van der Waals surface area contributed by atoms with Crippen molar-refractivity contribution in [3.8, 4) is 0 Å². The van der Waals surface area contributed by atoms with E-state index in [1.165, 1.54) is 12.3 Å². The number of ether oxygens (including phenoxy) is 1. The highest BCUT2D eigenvalue weighted by atomic mass is 32.2. The Balaban J connectivity index is 1.86. The van der Waals surface area contributed by atoms with Crippen LogP contribution in [-0.2, 0) is 9.53 Å². The van der Waals surface area contributed by atoms with E-state index in [2.05, 4.69) is 15.3 Å². The molecule has 0 aliphatic heterocycles. The molecule has 8 heteroatoms. The summed E-state index contributed by atoms with van der Waals surface area (Å²) in [5, 5.41) is 3.09. The highest BCUT2D eigenvalue weighted by molar-refractivity contribution is 7.99. The van der Waals surface area contributed by atoms with Crippen LogP contribution in [0.2, 0.25) is 0 Å². The van der Waals surface area contributed by atoms with Crippen LogP contribution in [0.25, 0.3) is 0 Å². The fourth-order valence-corrected chi connectivity index (χ4v) is 2.43. The van der Waals surface area contributed by atoms with Crippen LogP contribution < -0.4 is 10.9 Å². The van der Waals surface area contributed by atoms with E-state index in [0.717, 1.165) is 18.2 Å². The number of carbonyl (C=O) groups excluding carboxylic acids is 2. The van der Waals surface area contributed by atoms with Gasteiger partial charge in [0.1, 0.15) is 0 Å². The molecule has 0 aliphatic carbocycles. The van der Waals surface area contributed by atoms with E-state index >= 15 is 0 Å². The van der Waals surface area contributed by atoms with Crippen LogP contribution >= 0.6 is 11.8 Å². The maximum absolute atomic E-state index is 11.9. The Morgan fingerprint density at radius 3 is 2.64 bits per heavy atom. The highest BCUT2D eigenvalue weighted by Crippen LogP contribution is 2.14. The lowest BCUT2D eigenvalue weighted by Gasteiger charge is -2.11. The maximum Gasteiger partial charge on any atom is 0.338 e. The van der Waals surface area contributed by atoms with Gasteiger partial charge in [-0.1, -0.05) is 18.7 Å². The van der Waals surface area contributed by atoms with Crippen molar-refractivity contribution in [2.45, 2.75) is 31.5 Å². The smallest absolute Gasteiger partial charge is 0.338 e. The highest BCUT2D eigenvalue weighted by Gasteiger charge is 2.11. The third-order valence-corrected chi connectivity index (χ3v) is 4.16. The van der Waals surface area contributed by atoms with Gasteiger partial charge in [0.25, 0.3) is 5.56 Å². The first-order valence-corrected chi connectivity index (χ1v) is 8.75. The summed E-state index contributed by atoms with van der Waals surface area (Å²) >= 11 is 1.13. The summed E-state index contributed by atoms with van der Waals surface area (Å²) in [5.74, 6) is -0.529. The monoisotopic (exact) mass is 361 g/mol. The van der Waals surface area contributed by atoms with Gasteiger partial charge in [0, 0.05) is 18.0 Å². The molecule has 0 bridgehead atoms. The van der Waals surface area contributed by atoms with Crippen molar-refractivity contribution in [2.24, 2.45) is 0 Å². The molecule has 1 atom stereocenters. The van der Waals surface area contributed by atoms with E-state index in [0.29, 0.717) is 16.4 Å². The van der Waals surface area contributed by atoms with E-state index in [4.69, 9.17) is 4.74 Å². The topological polar surface area (TPSA) is 101 Å². The van der Waals surface area contributed by atoms with E-state index in [1.54, 1.807) is 24.3 Å². The Labute approximate surface area is 149 Å². The number of carbonyl (C=O) groups is 2. The van der Waals surface area contributed by atoms with Crippen molar-refractivity contribution in [3.63, 3.8) is 0 Å². The molecule has 0 aliphatic rings. The zero-order valence-corrected chi connectivity index (χ0v) is 14.8. The number of nitrogens with one attached hydrogen (secondary N) is 2. The Morgan fingerprint density at radius 1 is 1.28 bits per heavy atom. The van der Waals surface area contributed by atoms with Crippen LogP contribution in [0.4, 0.5) is 5.69 Å². The largest absolute Gasteiger partial charge is 0.459 e. The first-order chi connectivity index (χ1) is 12.0. The Kier molecular flexibility index (Phi) is 6.76. The first-order valence-electron chi connectivity index (χ1n) is 7.77. The predicted octanol–water partition coefficient (Wildman–Crippen LogP) is 2.46. The number of aromatic amines is 1. The van der Waals surface area contributed by atoms with Crippen molar-refractivity contribution < 1.29 is 14.3 Å².